The van der Waals surface area contributed by atoms with Crippen LogP contribution in [0.5, 0.6) is 0 Å². The van der Waals surface area contributed by atoms with E-state index < -0.39 is 0 Å². The van der Waals surface area contributed by atoms with Gasteiger partial charge in [-0.1, -0.05) is 38.5 Å². The lowest BCUT2D eigenvalue weighted by Crippen LogP contribution is -2.40. The molecule has 0 atom stereocenters. The summed E-state index contributed by atoms with van der Waals surface area (Å²) in [5, 5.41) is 7.93. The average Bonchev–Trinajstić information content (AvgIpc) is 3.25. The van der Waals surface area contributed by atoms with Crippen molar-refractivity contribution < 1.29 is 14.4 Å². The van der Waals surface area contributed by atoms with E-state index in [0.29, 0.717) is 29.5 Å². The van der Waals surface area contributed by atoms with Crippen molar-refractivity contribution in [2.45, 2.75) is 39.5 Å². The number of amides is 3. The predicted octanol–water partition coefficient (Wildman–Crippen LogP) is 3.02. The van der Waals surface area contributed by atoms with Gasteiger partial charge in [-0.2, -0.15) is 0 Å². The van der Waals surface area contributed by atoms with Gasteiger partial charge in [-0.3, -0.25) is 14.4 Å². The molecule has 0 aliphatic carbocycles. The van der Waals surface area contributed by atoms with Crippen LogP contribution >= 0.6 is 11.3 Å². The Morgan fingerprint density at radius 2 is 1.82 bits per heavy atom. The molecular formula is C25H35N5O3S. The lowest BCUT2D eigenvalue weighted by molar-refractivity contribution is -0.120. The molecule has 0 radical (unpaired) electrons. The van der Waals surface area contributed by atoms with Gasteiger partial charge in [-0.15, -0.1) is 11.3 Å². The van der Waals surface area contributed by atoms with E-state index in [-0.39, 0.29) is 36.6 Å². The first-order chi connectivity index (χ1) is 16.4. The monoisotopic (exact) mass is 485 g/mol. The van der Waals surface area contributed by atoms with Gasteiger partial charge in [0.05, 0.1) is 12.1 Å². The minimum absolute atomic E-state index is 0.0577. The van der Waals surface area contributed by atoms with Crippen molar-refractivity contribution in [2.24, 2.45) is 5.92 Å². The third kappa shape index (κ3) is 8.53. The number of carbonyl (C=O) groups excluding carboxylic acids is 3. The first-order valence-corrected chi connectivity index (χ1v) is 12.9. The van der Waals surface area contributed by atoms with Gasteiger partial charge in [0.1, 0.15) is 6.54 Å². The van der Waals surface area contributed by atoms with E-state index in [1.54, 1.807) is 22.4 Å². The van der Waals surface area contributed by atoms with Gasteiger partial charge in [0.15, 0.2) is 5.13 Å². The largest absolute Gasteiger partial charge is 0.354 e. The highest BCUT2D eigenvalue weighted by Gasteiger charge is 2.20. The first-order valence-electron chi connectivity index (χ1n) is 12.0. The Morgan fingerprint density at radius 3 is 2.53 bits per heavy atom. The Bertz CT molecular complexity index is 941. The highest BCUT2D eigenvalue weighted by Crippen LogP contribution is 2.16. The number of nitrogens with one attached hydrogen (secondary N) is 2. The molecule has 2 aromatic rings. The quantitative estimate of drug-likeness (QED) is 0.510. The molecule has 1 aromatic carbocycles. The highest BCUT2D eigenvalue weighted by molar-refractivity contribution is 7.13. The molecule has 1 aromatic heterocycles. The molecule has 1 saturated heterocycles. The molecule has 1 aliphatic heterocycles. The number of nitrogens with zero attached hydrogens (tertiary/aromatic N) is 3. The van der Waals surface area contributed by atoms with Gasteiger partial charge in [0, 0.05) is 30.6 Å². The highest BCUT2D eigenvalue weighted by atomic mass is 32.1. The van der Waals surface area contributed by atoms with Crippen LogP contribution in [0.25, 0.3) is 0 Å². The Kier molecular flexibility index (Phi) is 10.0. The van der Waals surface area contributed by atoms with Gasteiger partial charge in [-0.25, -0.2) is 4.98 Å². The summed E-state index contributed by atoms with van der Waals surface area (Å²) in [5.41, 5.74) is 1.17. The molecule has 9 heteroatoms. The Balaban J connectivity index is 1.46. The van der Waals surface area contributed by atoms with Gasteiger partial charge >= 0.3 is 0 Å². The summed E-state index contributed by atoms with van der Waals surface area (Å²) in [6.07, 6.45) is 3.94. The van der Waals surface area contributed by atoms with Crippen LogP contribution in [0, 0.1) is 5.92 Å². The van der Waals surface area contributed by atoms with Crippen LogP contribution in [-0.2, 0) is 16.0 Å². The zero-order valence-electron chi connectivity index (χ0n) is 20.1. The lowest BCUT2D eigenvalue weighted by atomic mass is 10.1. The van der Waals surface area contributed by atoms with Crippen LogP contribution in [-0.4, -0.2) is 71.8 Å². The van der Waals surface area contributed by atoms with E-state index >= 15 is 0 Å². The van der Waals surface area contributed by atoms with Crippen LogP contribution in [0.2, 0.25) is 0 Å². The second-order valence-electron chi connectivity index (χ2n) is 9.07. The summed E-state index contributed by atoms with van der Waals surface area (Å²) >= 11 is 1.28. The second kappa shape index (κ2) is 13.2. The van der Waals surface area contributed by atoms with Crippen molar-refractivity contribution in [3.8, 4) is 0 Å². The molecule has 184 valence electrons. The maximum Gasteiger partial charge on any atom is 0.254 e. The number of hydrogen-bond acceptors (Lipinski definition) is 6. The van der Waals surface area contributed by atoms with Crippen molar-refractivity contribution in [2.75, 3.05) is 44.6 Å². The summed E-state index contributed by atoms with van der Waals surface area (Å²) in [5.74, 6) is -0.334. The number of hydrogen-bond donors (Lipinski definition) is 2. The third-order valence-electron chi connectivity index (χ3n) is 5.57. The van der Waals surface area contributed by atoms with Crippen LogP contribution in [0.3, 0.4) is 0 Å². The number of anilines is 1. The van der Waals surface area contributed by atoms with Crippen molar-refractivity contribution in [1.82, 2.24) is 20.1 Å². The number of piperidine rings is 1. The van der Waals surface area contributed by atoms with E-state index in [1.807, 2.05) is 32.0 Å². The topological polar surface area (TPSA) is 94.6 Å². The van der Waals surface area contributed by atoms with E-state index in [0.717, 1.165) is 19.6 Å². The number of rotatable bonds is 11. The first kappa shape index (κ1) is 25.8. The zero-order valence-corrected chi connectivity index (χ0v) is 20.9. The minimum Gasteiger partial charge on any atom is -0.354 e. The number of thiazole rings is 1. The van der Waals surface area contributed by atoms with Crippen molar-refractivity contribution in [1.29, 1.82) is 0 Å². The Morgan fingerprint density at radius 1 is 1.09 bits per heavy atom. The summed E-state index contributed by atoms with van der Waals surface area (Å²) in [7, 11) is 0. The number of aromatic nitrogens is 1. The fourth-order valence-electron chi connectivity index (χ4n) is 3.96. The Labute approximate surface area is 205 Å². The van der Waals surface area contributed by atoms with Crippen LogP contribution in [0.15, 0.2) is 35.7 Å². The minimum atomic E-state index is -0.309. The molecule has 0 bridgehead atoms. The third-order valence-corrected chi connectivity index (χ3v) is 6.37. The molecule has 0 saturated carbocycles. The summed E-state index contributed by atoms with van der Waals surface area (Å²) in [6.45, 7) is 8.15. The van der Waals surface area contributed by atoms with Gasteiger partial charge < -0.3 is 20.4 Å². The Hall–Kier alpha value is -2.78. The van der Waals surface area contributed by atoms with Crippen LogP contribution in [0.4, 0.5) is 5.13 Å². The van der Waals surface area contributed by atoms with Crippen LogP contribution < -0.4 is 10.6 Å². The molecule has 3 amide bonds. The van der Waals surface area contributed by atoms with E-state index in [2.05, 4.69) is 20.5 Å². The number of benzene rings is 1. The fourth-order valence-corrected chi connectivity index (χ4v) is 4.69. The average molecular weight is 486 g/mol. The summed E-state index contributed by atoms with van der Waals surface area (Å²) in [6, 6.07) is 8.96. The maximum absolute atomic E-state index is 12.9. The molecule has 34 heavy (non-hydrogen) atoms. The van der Waals surface area contributed by atoms with Gasteiger partial charge in [-0.05, 0) is 44.0 Å². The van der Waals surface area contributed by atoms with Crippen molar-refractivity contribution in [3.05, 3.63) is 47.0 Å². The summed E-state index contributed by atoms with van der Waals surface area (Å²) < 4.78 is 0. The second-order valence-corrected chi connectivity index (χ2v) is 9.92. The zero-order chi connectivity index (χ0) is 24.3. The van der Waals surface area contributed by atoms with Crippen LogP contribution in [0.1, 0.15) is 49.2 Å². The molecule has 3 rings (SSSR count). The van der Waals surface area contributed by atoms with Crippen molar-refractivity contribution in [3.63, 3.8) is 0 Å². The summed E-state index contributed by atoms with van der Waals surface area (Å²) in [4.78, 5) is 46.1. The maximum atomic E-state index is 12.9. The molecule has 0 unspecified atom stereocenters. The standard InChI is InChI=1S/C25H35N5O3S/c1-19(2)16-30(24(33)20-9-5-3-6-10-20)17-23(32)28-25-27-21(18-34-25)15-22(31)26-11-14-29-12-7-4-8-13-29/h3,5-6,9-10,18-19H,4,7-8,11-17H2,1-2H3,(H,26,31)(H,27,28,32). The van der Waals surface area contributed by atoms with Gasteiger partial charge in [0.2, 0.25) is 11.8 Å². The SMILES string of the molecule is CC(C)CN(CC(=O)Nc1nc(CC(=O)NCCN2CCCCC2)cs1)C(=O)c1ccccc1. The smallest absolute Gasteiger partial charge is 0.254 e. The molecule has 8 nitrogen and oxygen atoms in total. The molecule has 2 heterocycles. The molecule has 1 aliphatic rings. The molecule has 1 fully saturated rings. The van der Waals surface area contributed by atoms with E-state index in [9.17, 15) is 14.4 Å². The molecule has 2 N–H and O–H groups in total. The normalized spacial score (nSPS) is 14.1. The molecule has 0 spiro atoms. The number of likely N-dealkylation sites (tertiary alicyclic amines) is 1. The van der Waals surface area contributed by atoms with Gasteiger partial charge in [0.25, 0.3) is 5.91 Å². The lowest BCUT2D eigenvalue weighted by Gasteiger charge is -2.26. The number of carbonyl (C=O) groups is 3. The molecular weight excluding hydrogens is 450 g/mol. The predicted molar refractivity (Wildman–Crippen MR) is 135 cm³/mol. The van der Waals surface area contributed by atoms with E-state index in [1.165, 1.54) is 30.6 Å². The van der Waals surface area contributed by atoms with Crippen molar-refractivity contribution >= 4 is 34.2 Å². The van der Waals surface area contributed by atoms with E-state index in [4.69, 9.17) is 0 Å². The fraction of sp³-hybridized carbons (Fsp3) is 0.520.